The lowest BCUT2D eigenvalue weighted by atomic mass is 10.2. The molecule has 1 atom stereocenters. The minimum atomic E-state index is -1.03. The van der Waals surface area contributed by atoms with E-state index in [1.165, 1.54) is 12.4 Å². The van der Waals surface area contributed by atoms with Crippen LogP contribution in [0.15, 0.2) is 9.98 Å². The maximum atomic E-state index is 10.2. The maximum Gasteiger partial charge on any atom is 0.320 e. The van der Waals surface area contributed by atoms with Gasteiger partial charge in [0, 0.05) is 18.9 Å². The summed E-state index contributed by atoms with van der Waals surface area (Å²) in [5.41, 5.74) is 5.23. The van der Waals surface area contributed by atoms with Crippen molar-refractivity contribution in [2.45, 2.75) is 12.5 Å². The molecule has 59 valence electrons. The molecule has 0 aromatic heterocycles. The molecule has 5 nitrogen and oxygen atoms in total. The second-order valence-electron chi connectivity index (χ2n) is 2.12. The molecule has 3 N–H and O–H groups in total. The average Bonchev–Trinajstić information content (AvgIpc) is 2.39. The third-order valence-electron chi connectivity index (χ3n) is 1.23. The van der Waals surface area contributed by atoms with Crippen molar-refractivity contribution in [3.63, 3.8) is 0 Å². The highest BCUT2D eigenvalue weighted by Gasteiger charge is 2.18. The Kier molecular flexibility index (Phi) is 2.32. The summed E-state index contributed by atoms with van der Waals surface area (Å²) in [7, 11) is 0. The number of hydrogen-bond donors (Lipinski definition) is 2. The van der Waals surface area contributed by atoms with Crippen LogP contribution in [0.1, 0.15) is 6.42 Å². The van der Waals surface area contributed by atoms with Crippen LogP contribution >= 0.6 is 0 Å². The molecule has 0 fully saturated rings. The van der Waals surface area contributed by atoms with E-state index in [9.17, 15) is 4.79 Å². The van der Waals surface area contributed by atoms with E-state index < -0.39 is 12.0 Å². The first-order valence-corrected chi connectivity index (χ1v) is 3.11. The number of carboxylic acids is 1. The molecule has 0 bridgehead atoms. The Balaban J connectivity index is 2.36. The van der Waals surface area contributed by atoms with Crippen LogP contribution < -0.4 is 5.73 Å². The monoisotopic (exact) mass is 154 g/mol. The first-order valence-electron chi connectivity index (χ1n) is 3.11. The Bertz CT molecular complexity index is 200. The summed E-state index contributed by atoms with van der Waals surface area (Å²) in [6.07, 6.45) is 3.66. The third kappa shape index (κ3) is 2.12. The van der Waals surface area contributed by atoms with Gasteiger partial charge in [-0.25, -0.2) is 0 Å². The molecule has 1 aliphatic heterocycles. The molecule has 11 heavy (non-hydrogen) atoms. The van der Waals surface area contributed by atoms with Gasteiger partial charge in [-0.3, -0.25) is 14.8 Å². The maximum absolute atomic E-state index is 10.2. The van der Waals surface area contributed by atoms with Crippen LogP contribution in [0.2, 0.25) is 0 Å². The van der Waals surface area contributed by atoms with Crippen LogP contribution in [0.5, 0.6) is 0 Å². The fourth-order valence-corrected chi connectivity index (χ4v) is 0.661. The second kappa shape index (κ2) is 3.25. The summed E-state index contributed by atoms with van der Waals surface area (Å²) in [5, 5.41) is 8.40. The minimum Gasteiger partial charge on any atom is -0.480 e. The highest BCUT2D eigenvalue weighted by molar-refractivity contribution is 6.18. The van der Waals surface area contributed by atoms with Gasteiger partial charge in [0.1, 0.15) is 6.04 Å². The summed E-state index contributed by atoms with van der Waals surface area (Å²) in [4.78, 5) is 17.8. The lowest BCUT2D eigenvalue weighted by molar-refractivity contribution is -0.138. The smallest absolute Gasteiger partial charge is 0.320 e. The van der Waals surface area contributed by atoms with Crippen molar-refractivity contribution in [3.05, 3.63) is 6.17 Å². The van der Waals surface area contributed by atoms with Crippen molar-refractivity contribution >= 4 is 18.4 Å². The van der Waals surface area contributed by atoms with Gasteiger partial charge in [0.05, 0.1) is 0 Å². The Hall–Kier alpha value is -1.23. The molecule has 1 aliphatic rings. The number of rotatable bonds is 3. The molecule has 0 amide bonds. The molecule has 1 radical (unpaired) electrons. The molecule has 1 rings (SSSR count). The summed E-state index contributed by atoms with van der Waals surface area (Å²) in [5.74, 6) is -1.03. The van der Waals surface area contributed by atoms with Gasteiger partial charge >= 0.3 is 5.97 Å². The molecule has 1 unspecified atom stereocenters. The van der Waals surface area contributed by atoms with Gasteiger partial charge in [-0.15, -0.1) is 0 Å². The standard InChI is InChI=1S/C6H8N3O2/c7-4(6(10)11)3-5-8-1-2-9-5/h1-2,4H,3,7H2,(H,10,11). The number of aliphatic carboxylic acids is 1. The number of nitrogens with two attached hydrogens (primary N) is 1. The first-order chi connectivity index (χ1) is 5.20. The van der Waals surface area contributed by atoms with Gasteiger partial charge in [-0.05, 0) is 0 Å². The predicted molar refractivity (Wildman–Crippen MR) is 40.5 cm³/mol. The number of carbonyl (C=O) groups is 1. The van der Waals surface area contributed by atoms with Gasteiger partial charge in [0.25, 0.3) is 0 Å². The zero-order chi connectivity index (χ0) is 8.27. The van der Waals surface area contributed by atoms with Crippen molar-refractivity contribution in [1.29, 1.82) is 0 Å². The van der Waals surface area contributed by atoms with E-state index in [2.05, 4.69) is 9.98 Å². The summed E-state index contributed by atoms with van der Waals surface area (Å²) in [6.45, 7) is 0. The van der Waals surface area contributed by atoms with Crippen molar-refractivity contribution in [2.24, 2.45) is 15.7 Å². The fourth-order valence-electron chi connectivity index (χ4n) is 0.661. The van der Waals surface area contributed by atoms with E-state index in [1.54, 1.807) is 0 Å². The van der Waals surface area contributed by atoms with Gasteiger partial charge in [-0.2, -0.15) is 0 Å². The molecule has 0 spiro atoms. The normalized spacial score (nSPS) is 19.0. The summed E-state index contributed by atoms with van der Waals surface area (Å²) < 4.78 is 0. The molecule has 0 saturated heterocycles. The Labute approximate surface area is 63.6 Å². The summed E-state index contributed by atoms with van der Waals surface area (Å²) >= 11 is 0. The van der Waals surface area contributed by atoms with E-state index in [1.807, 2.05) is 0 Å². The summed E-state index contributed by atoms with van der Waals surface area (Å²) in [6, 6.07) is -0.905. The van der Waals surface area contributed by atoms with Gasteiger partial charge in [-0.1, -0.05) is 0 Å². The Morgan fingerprint density at radius 1 is 1.64 bits per heavy atom. The van der Waals surface area contributed by atoms with Crippen molar-refractivity contribution < 1.29 is 9.90 Å². The quantitative estimate of drug-likeness (QED) is 0.570. The molecule has 1 heterocycles. The van der Waals surface area contributed by atoms with Crippen molar-refractivity contribution in [1.82, 2.24) is 0 Å². The molecule has 5 heteroatoms. The minimum absolute atomic E-state index is 0.183. The topological polar surface area (TPSA) is 88.0 Å². The molecule has 0 aromatic rings. The predicted octanol–water partition coefficient (Wildman–Crippen LogP) is -0.567. The van der Waals surface area contributed by atoms with Crippen LogP contribution in [-0.2, 0) is 4.79 Å². The van der Waals surface area contributed by atoms with Crippen LogP contribution in [0, 0.1) is 6.17 Å². The average molecular weight is 154 g/mol. The molecule has 0 aliphatic carbocycles. The first kappa shape index (κ1) is 7.87. The zero-order valence-corrected chi connectivity index (χ0v) is 5.77. The SMILES string of the molecule is NC(C[C]1N=CC=N1)C(=O)O. The Morgan fingerprint density at radius 2 is 2.18 bits per heavy atom. The highest BCUT2D eigenvalue weighted by Crippen LogP contribution is 2.13. The van der Waals surface area contributed by atoms with E-state index >= 15 is 0 Å². The van der Waals surface area contributed by atoms with Gasteiger partial charge in [0.2, 0.25) is 0 Å². The van der Waals surface area contributed by atoms with E-state index in [0.29, 0.717) is 6.17 Å². The lowest BCUT2D eigenvalue weighted by Gasteiger charge is -2.05. The zero-order valence-electron chi connectivity index (χ0n) is 5.77. The molecular weight excluding hydrogens is 146 g/mol. The van der Waals surface area contributed by atoms with Crippen molar-refractivity contribution in [2.75, 3.05) is 0 Å². The van der Waals surface area contributed by atoms with Crippen LogP contribution in [0.25, 0.3) is 0 Å². The van der Waals surface area contributed by atoms with Gasteiger partial charge in [0.15, 0.2) is 6.17 Å². The Morgan fingerprint density at radius 3 is 2.64 bits per heavy atom. The number of nitrogens with zero attached hydrogens (tertiary/aromatic N) is 2. The molecule has 0 aromatic carbocycles. The van der Waals surface area contributed by atoms with Crippen LogP contribution in [-0.4, -0.2) is 29.5 Å². The van der Waals surface area contributed by atoms with Crippen LogP contribution in [0.4, 0.5) is 0 Å². The van der Waals surface area contributed by atoms with E-state index in [-0.39, 0.29) is 6.42 Å². The van der Waals surface area contributed by atoms with Gasteiger partial charge < -0.3 is 10.8 Å². The molecule has 0 saturated carbocycles. The third-order valence-corrected chi connectivity index (χ3v) is 1.23. The van der Waals surface area contributed by atoms with Crippen molar-refractivity contribution in [3.8, 4) is 0 Å². The highest BCUT2D eigenvalue weighted by atomic mass is 16.4. The number of aliphatic imine (C=N–C) groups is 2. The van der Waals surface area contributed by atoms with Crippen LogP contribution in [0.3, 0.4) is 0 Å². The number of carboxylic acid groups (broad SMARTS) is 1. The fraction of sp³-hybridized carbons (Fsp3) is 0.333. The largest absolute Gasteiger partial charge is 0.480 e. The van der Waals surface area contributed by atoms with E-state index in [4.69, 9.17) is 10.8 Å². The number of hydrogen-bond acceptors (Lipinski definition) is 4. The lowest BCUT2D eigenvalue weighted by Crippen LogP contribution is -2.31. The molecular formula is C6H8N3O2. The van der Waals surface area contributed by atoms with E-state index in [0.717, 1.165) is 0 Å². The second-order valence-corrected chi connectivity index (χ2v) is 2.12.